The number of unbranched alkanes of at least 4 members (excludes halogenated alkanes) is 1. The van der Waals surface area contributed by atoms with Gasteiger partial charge in [-0.15, -0.1) is 0 Å². The lowest BCUT2D eigenvalue weighted by Crippen LogP contribution is -2.15. The number of hydrogen-bond acceptors (Lipinski definition) is 4. The van der Waals surface area contributed by atoms with E-state index in [1.54, 1.807) is 18.3 Å². The maximum Gasteiger partial charge on any atom is 0.148 e. The van der Waals surface area contributed by atoms with Crippen molar-refractivity contribution in [1.29, 1.82) is 0 Å². The molecule has 0 saturated heterocycles. The van der Waals surface area contributed by atoms with Gasteiger partial charge in [-0.2, -0.15) is 0 Å². The van der Waals surface area contributed by atoms with Crippen LogP contribution in [0.2, 0.25) is 0 Å². The maximum absolute atomic E-state index is 5.54. The van der Waals surface area contributed by atoms with Crippen LogP contribution < -0.4 is 10.5 Å². The highest BCUT2D eigenvalue weighted by atomic mass is 32.1. The summed E-state index contributed by atoms with van der Waals surface area (Å²) >= 11 is 4.89. The van der Waals surface area contributed by atoms with Gasteiger partial charge < -0.3 is 15.2 Å². The standard InChI is InChI=1S/C12H18N2O2S/c1-2-3-7-15-8-9-16-10-5-4-6-14-11(10)12(13)17/h4-6H,2-3,7-9H2,1H3,(H2,13,17). The molecule has 1 aromatic heterocycles. The van der Waals surface area contributed by atoms with Crippen molar-refractivity contribution >= 4 is 17.2 Å². The number of pyridine rings is 1. The summed E-state index contributed by atoms with van der Waals surface area (Å²) in [6, 6.07) is 3.59. The number of rotatable bonds is 8. The minimum absolute atomic E-state index is 0.243. The van der Waals surface area contributed by atoms with Gasteiger partial charge in [-0.25, -0.2) is 4.98 Å². The summed E-state index contributed by atoms with van der Waals surface area (Å²) in [5.74, 6) is 0.610. The number of aromatic nitrogens is 1. The summed E-state index contributed by atoms with van der Waals surface area (Å²) in [7, 11) is 0. The van der Waals surface area contributed by atoms with E-state index < -0.39 is 0 Å². The summed E-state index contributed by atoms with van der Waals surface area (Å²) in [6.07, 6.45) is 3.85. The molecule has 0 saturated carbocycles. The van der Waals surface area contributed by atoms with Crippen LogP contribution in [0.25, 0.3) is 0 Å². The Morgan fingerprint density at radius 3 is 2.94 bits per heavy atom. The molecule has 2 N–H and O–H groups in total. The molecule has 5 heteroatoms. The number of nitrogens with zero attached hydrogens (tertiary/aromatic N) is 1. The molecule has 0 aliphatic carbocycles. The second-order valence-corrected chi connectivity index (χ2v) is 3.97. The number of thiocarbonyl (C=S) groups is 1. The Balaban J connectivity index is 2.34. The van der Waals surface area contributed by atoms with Crippen molar-refractivity contribution in [2.45, 2.75) is 19.8 Å². The average molecular weight is 254 g/mol. The quantitative estimate of drug-likeness (QED) is 0.567. The molecule has 0 fully saturated rings. The Kier molecular flexibility index (Phi) is 6.50. The first-order valence-corrected chi connectivity index (χ1v) is 6.12. The predicted molar refractivity (Wildman–Crippen MR) is 71.3 cm³/mol. The maximum atomic E-state index is 5.54. The second-order valence-electron chi connectivity index (χ2n) is 3.53. The van der Waals surface area contributed by atoms with Gasteiger partial charge in [0.1, 0.15) is 23.0 Å². The highest BCUT2D eigenvalue weighted by molar-refractivity contribution is 7.80. The van der Waals surface area contributed by atoms with Crippen molar-refractivity contribution in [2.24, 2.45) is 5.73 Å². The van der Waals surface area contributed by atoms with Crippen molar-refractivity contribution < 1.29 is 9.47 Å². The predicted octanol–water partition coefficient (Wildman–Crippen LogP) is 1.91. The van der Waals surface area contributed by atoms with Gasteiger partial charge in [0, 0.05) is 12.8 Å². The minimum Gasteiger partial charge on any atom is -0.489 e. The van der Waals surface area contributed by atoms with E-state index in [1.807, 2.05) is 0 Å². The lowest BCUT2D eigenvalue weighted by molar-refractivity contribution is 0.0979. The fourth-order valence-electron chi connectivity index (χ4n) is 1.25. The largest absolute Gasteiger partial charge is 0.489 e. The van der Waals surface area contributed by atoms with Gasteiger partial charge in [-0.05, 0) is 18.6 Å². The SMILES string of the molecule is CCCCOCCOc1cccnc1C(N)=S. The smallest absolute Gasteiger partial charge is 0.148 e. The van der Waals surface area contributed by atoms with Crippen LogP contribution in [0.5, 0.6) is 5.75 Å². The second kappa shape index (κ2) is 7.97. The third-order valence-electron chi connectivity index (χ3n) is 2.13. The molecular formula is C12H18N2O2S. The van der Waals surface area contributed by atoms with Crippen LogP contribution in [-0.2, 0) is 4.74 Å². The molecule has 1 rings (SSSR count). The molecule has 0 radical (unpaired) electrons. The fraction of sp³-hybridized carbons (Fsp3) is 0.500. The molecule has 0 bridgehead atoms. The normalized spacial score (nSPS) is 10.2. The molecule has 0 aliphatic heterocycles. The summed E-state index contributed by atoms with van der Waals surface area (Å²) in [5, 5.41) is 0. The third kappa shape index (κ3) is 5.10. The lowest BCUT2D eigenvalue weighted by atomic mass is 10.3. The fourth-order valence-corrected chi connectivity index (χ4v) is 1.40. The number of ether oxygens (including phenoxy) is 2. The van der Waals surface area contributed by atoms with Crippen molar-refractivity contribution in [2.75, 3.05) is 19.8 Å². The Hall–Kier alpha value is -1.20. The summed E-state index contributed by atoms with van der Waals surface area (Å²) in [4.78, 5) is 4.32. The molecule has 0 unspecified atom stereocenters. The van der Waals surface area contributed by atoms with E-state index in [9.17, 15) is 0 Å². The monoisotopic (exact) mass is 254 g/mol. The number of nitrogens with two attached hydrogens (primary N) is 1. The first-order chi connectivity index (χ1) is 8.25. The molecule has 1 aromatic rings. The van der Waals surface area contributed by atoms with E-state index in [-0.39, 0.29) is 4.99 Å². The van der Waals surface area contributed by atoms with Gasteiger partial charge in [0.15, 0.2) is 0 Å². The van der Waals surface area contributed by atoms with Gasteiger partial charge in [-0.3, -0.25) is 0 Å². The molecule has 0 aliphatic rings. The number of hydrogen-bond donors (Lipinski definition) is 1. The van der Waals surface area contributed by atoms with Crippen LogP contribution in [0.3, 0.4) is 0 Å². The van der Waals surface area contributed by atoms with E-state index >= 15 is 0 Å². The van der Waals surface area contributed by atoms with E-state index in [0.29, 0.717) is 24.7 Å². The van der Waals surface area contributed by atoms with Gasteiger partial charge in [0.25, 0.3) is 0 Å². The highest BCUT2D eigenvalue weighted by Crippen LogP contribution is 2.14. The van der Waals surface area contributed by atoms with Gasteiger partial charge in [0.05, 0.1) is 6.61 Å². The average Bonchev–Trinajstić information content (AvgIpc) is 2.34. The summed E-state index contributed by atoms with van der Waals surface area (Å²) < 4.78 is 10.9. The van der Waals surface area contributed by atoms with Gasteiger partial charge >= 0.3 is 0 Å². The van der Waals surface area contributed by atoms with Gasteiger partial charge in [-0.1, -0.05) is 25.6 Å². The Morgan fingerprint density at radius 2 is 2.24 bits per heavy atom. The van der Waals surface area contributed by atoms with Crippen LogP contribution in [0.4, 0.5) is 0 Å². The van der Waals surface area contributed by atoms with Crippen LogP contribution in [0.1, 0.15) is 25.5 Å². The topological polar surface area (TPSA) is 57.4 Å². The highest BCUT2D eigenvalue weighted by Gasteiger charge is 2.06. The summed E-state index contributed by atoms with van der Waals surface area (Å²) in [5.41, 5.74) is 6.07. The van der Waals surface area contributed by atoms with Crippen molar-refractivity contribution in [3.8, 4) is 5.75 Å². The van der Waals surface area contributed by atoms with Crippen molar-refractivity contribution in [3.63, 3.8) is 0 Å². The Bertz CT molecular complexity index is 358. The first kappa shape index (κ1) is 13.9. The van der Waals surface area contributed by atoms with E-state index in [1.165, 1.54) is 0 Å². The molecule has 94 valence electrons. The molecule has 17 heavy (non-hydrogen) atoms. The molecule has 1 heterocycles. The zero-order chi connectivity index (χ0) is 12.5. The van der Waals surface area contributed by atoms with E-state index in [0.717, 1.165) is 19.4 Å². The molecule has 0 amide bonds. The van der Waals surface area contributed by atoms with Crippen molar-refractivity contribution in [3.05, 3.63) is 24.0 Å². The van der Waals surface area contributed by atoms with Crippen LogP contribution in [0, 0.1) is 0 Å². The zero-order valence-corrected chi connectivity index (χ0v) is 10.8. The Labute approximate surface area is 107 Å². The van der Waals surface area contributed by atoms with E-state index in [2.05, 4.69) is 11.9 Å². The molecule has 0 atom stereocenters. The Morgan fingerprint density at radius 1 is 1.41 bits per heavy atom. The molecule has 4 nitrogen and oxygen atoms in total. The molecule has 0 spiro atoms. The lowest BCUT2D eigenvalue weighted by Gasteiger charge is -2.09. The van der Waals surface area contributed by atoms with Crippen LogP contribution in [0.15, 0.2) is 18.3 Å². The molecule has 0 aromatic carbocycles. The van der Waals surface area contributed by atoms with Crippen molar-refractivity contribution in [1.82, 2.24) is 4.98 Å². The zero-order valence-electron chi connectivity index (χ0n) is 10.0. The molecular weight excluding hydrogens is 236 g/mol. The minimum atomic E-state index is 0.243. The third-order valence-corrected chi connectivity index (χ3v) is 2.32. The first-order valence-electron chi connectivity index (χ1n) is 5.71. The summed E-state index contributed by atoms with van der Waals surface area (Å²) in [6.45, 7) is 3.94. The van der Waals surface area contributed by atoms with Gasteiger partial charge in [0.2, 0.25) is 0 Å². The van der Waals surface area contributed by atoms with E-state index in [4.69, 9.17) is 27.4 Å². The van der Waals surface area contributed by atoms with Crippen LogP contribution >= 0.6 is 12.2 Å². The van der Waals surface area contributed by atoms with Crippen LogP contribution in [-0.4, -0.2) is 29.8 Å².